The molecule has 2 rings (SSSR count). The van der Waals surface area contributed by atoms with Crippen LogP contribution in [0, 0.1) is 0 Å². The van der Waals surface area contributed by atoms with Crippen LogP contribution >= 0.6 is 0 Å². The van der Waals surface area contributed by atoms with Crippen molar-refractivity contribution in [1.29, 1.82) is 0 Å². The van der Waals surface area contributed by atoms with Crippen molar-refractivity contribution in [1.82, 2.24) is 9.13 Å². The van der Waals surface area contributed by atoms with Crippen LogP contribution in [-0.2, 0) is 17.9 Å². The fraction of sp³-hybridized carbons (Fsp3) is 0.333. The highest BCUT2D eigenvalue weighted by Crippen LogP contribution is 2.16. The van der Waals surface area contributed by atoms with Gasteiger partial charge in [-0.25, -0.2) is 4.79 Å². The van der Waals surface area contributed by atoms with Crippen LogP contribution in [0.15, 0.2) is 41.5 Å². The van der Waals surface area contributed by atoms with Crippen LogP contribution in [-0.4, -0.2) is 15.0 Å². The van der Waals surface area contributed by atoms with Crippen LogP contribution < -0.4 is 16.7 Å². The number of aryl methyl sites for hydroxylation is 2. The van der Waals surface area contributed by atoms with Crippen LogP contribution in [0.3, 0.4) is 0 Å². The van der Waals surface area contributed by atoms with E-state index >= 15 is 0 Å². The number of nitrogens with one attached hydrogen (secondary N) is 1. The smallest absolute Gasteiger partial charge is 0.328 e. The summed E-state index contributed by atoms with van der Waals surface area (Å²) in [6, 6.07) is 7.09. The van der Waals surface area contributed by atoms with Crippen LogP contribution in [0.4, 0.5) is 11.4 Å². The van der Waals surface area contributed by atoms with Gasteiger partial charge < -0.3 is 11.1 Å². The monoisotopic (exact) mass is 288 g/mol. The molecule has 3 N–H and O–H groups in total. The van der Waals surface area contributed by atoms with Gasteiger partial charge in [-0.3, -0.25) is 13.9 Å². The highest BCUT2D eigenvalue weighted by Gasteiger charge is 2.07. The predicted octanol–water partition coefficient (Wildman–Crippen LogP) is 1.67. The lowest BCUT2D eigenvalue weighted by Crippen LogP contribution is -2.25. The number of anilines is 2. The molecule has 0 spiro atoms. The summed E-state index contributed by atoms with van der Waals surface area (Å²) in [5.74, 6) is -0.164. The molecular formula is C15H20N4O2. The number of nitrogens with zero attached hydrogens (tertiary/aromatic N) is 2. The number of para-hydroxylation sites is 2. The lowest BCUT2D eigenvalue weighted by molar-refractivity contribution is -0.116. The lowest BCUT2D eigenvalue weighted by atomic mass is 10.2. The molecule has 112 valence electrons. The number of benzene rings is 1. The minimum Gasteiger partial charge on any atom is -0.397 e. The van der Waals surface area contributed by atoms with E-state index in [0.717, 1.165) is 6.42 Å². The molecule has 0 aliphatic heterocycles. The minimum absolute atomic E-state index is 0.0797. The molecule has 0 radical (unpaired) electrons. The van der Waals surface area contributed by atoms with Gasteiger partial charge in [0.25, 0.3) is 0 Å². The second-order valence-corrected chi connectivity index (χ2v) is 4.85. The Morgan fingerprint density at radius 2 is 1.86 bits per heavy atom. The summed E-state index contributed by atoms with van der Waals surface area (Å²) < 4.78 is 3.19. The van der Waals surface area contributed by atoms with Gasteiger partial charge in [-0.05, 0) is 18.6 Å². The molecule has 1 aromatic carbocycles. The summed E-state index contributed by atoms with van der Waals surface area (Å²) in [6.45, 7) is 3.06. The van der Waals surface area contributed by atoms with Gasteiger partial charge in [0, 0.05) is 31.9 Å². The van der Waals surface area contributed by atoms with Crippen molar-refractivity contribution in [3.63, 3.8) is 0 Å². The van der Waals surface area contributed by atoms with E-state index in [1.807, 2.05) is 6.92 Å². The molecule has 0 aliphatic rings. The van der Waals surface area contributed by atoms with E-state index in [1.165, 1.54) is 0 Å². The van der Waals surface area contributed by atoms with Gasteiger partial charge in [0.05, 0.1) is 11.4 Å². The SMILES string of the molecule is CCCn1ccn(CCC(=O)Nc2ccccc2N)c1=O. The molecule has 6 nitrogen and oxygen atoms in total. The molecule has 1 amide bonds. The summed E-state index contributed by atoms with van der Waals surface area (Å²) in [5, 5.41) is 2.75. The van der Waals surface area contributed by atoms with Crippen LogP contribution in [0.5, 0.6) is 0 Å². The first-order valence-corrected chi connectivity index (χ1v) is 7.01. The standard InChI is InChI=1S/C15H20N4O2/c1-2-8-18-10-11-19(15(18)21)9-7-14(20)17-13-6-4-3-5-12(13)16/h3-6,10-11H,2,7-9,16H2,1H3,(H,17,20). The van der Waals surface area contributed by atoms with Crippen LogP contribution in [0.25, 0.3) is 0 Å². The van der Waals surface area contributed by atoms with E-state index in [9.17, 15) is 9.59 Å². The zero-order chi connectivity index (χ0) is 15.2. The van der Waals surface area contributed by atoms with Crippen molar-refractivity contribution in [3.8, 4) is 0 Å². The summed E-state index contributed by atoms with van der Waals surface area (Å²) in [7, 11) is 0. The maximum atomic E-state index is 12.0. The molecule has 1 heterocycles. The van der Waals surface area contributed by atoms with Crippen molar-refractivity contribution in [2.75, 3.05) is 11.1 Å². The van der Waals surface area contributed by atoms with Gasteiger partial charge in [0.15, 0.2) is 0 Å². The van der Waals surface area contributed by atoms with E-state index in [-0.39, 0.29) is 18.0 Å². The Balaban J connectivity index is 1.93. The Labute approximate surface area is 123 Å². The Hall–Kier alpha value is -2.50. The van der Waals surface area contributed by atoms with E-state index in [0.29, 0.717) is 24.5 Å². The molecule has 0 fully saturated rings. The van der Waals surface area contributed by atoms with E-state index in [4.69, 9.17) is 5.73 Å². The third kappa shape index (κ3) is 3.75. The lowest BCUT2D eigenvalue weighted by Gasteiger charge is -2.07. The second kappa shape index (κ2) is 6.78. The van der Waals surface area contributed by atoms with Gasteiger partial charge >= 0.3 is 5.69 Å². The van der Waals surface area contributed by atoms with Crippen molar-refractivity contribution in [2.45, 2.75) is 32.9 Å². The molecule has 0 aliphatic carbocycles. The average Bonchev–Trinajstić information content (AvgIpc) is 2.81. The molecule has 0 atom stereocenters. The topological polar surface area (TPSA) is 82.1 Å². The summed E-state index contributed by atoms with van der Waals surface area (Å²) in [5.41, 5.74) is 6.80. The number of aromatic nitrogens is 2. The Morgan fingerprint density at radius 1 is 1.19 bits per heavy atom. The van der Waals surface area contributed by atoms with Crippen LogP contribution in [0.1, 0.15) is 19.8 Å². The van der Waals surface area contributed by atoms with E-state index < -0.39 is 0 Å². The van der Waals surface area contributed by atoms with Crippen molar-refractivity contribution < 1.29 is 4.79 Å². The van der Waals surface area contributed by atoms with E-state index in [2.05, 4.69) is 5.32 Å². The van der Waals surface area contributed by atoms with Crippen molar-refractivity contribution >= 4 is 17.3 Å². The maximum absolute atomic E-state index is 12.0. The first-order valence-electron chi connectivity index (χ1n) is 7.01. The van der Waals surface area contributed by atoms with Crippen molar-refractivity contribution in [3.05, 3.63) is 47.1 Å². The number of hydrogen-bond acceptors (Lipinski definition) is 3. The Bertz CT molecular complexity index is 672. The number of nitrogens with two attached hydrogens (primary N) is 1. The second-order valence-electron chi connectivity index (χ2n) is 4.85. The summed E-state index contributed by atoms with van der Waals surface area (Å²) in [4.78, 5) is 23.9. The van der Waals surface area contributed by atoms with Gasteiger partial charge in [0.1, 0.15) is 0 Å². The summed E-state index contributed by atoms with van der Waals surface area (Å²) in [6.07, 6.45) is 4.59. The number of nitrogen functional groups attached to an aromatic ring is 1. The number of imidazole rings is 1. The number of carbonyl (C=O) groups is 1. The fourth-order valence-corrected chi connectivity index (χ4v) is 2.08. The highest BCUT2D eigenvalue weighted by molar-refractivity contribution is 5.93. The molecule has 2 aromatic rings. The first-order chi connectivity index (χ1) is 10.1. The largest absolute Gasteiger partial charge is 0.397 e. The zero-order valence-corrected chi connectivity index (χ0v) is 12.1. The van der Waals surface area contributed by atoms with Gasteiger partial charge in [-0.1, -0.05) is 19.1 Å². The Morgan fingerprint density at radius 3 is 2.52 bits per heavy atom. The molecule has 0 saturated heterocycles. The predicted molar refractivity (Wildman–Crippen MR) is 83.1 cm³/mol. The van der Waals surface area contributed by atoms with Gasteiger partial charge in [0.2, 0.25) is 5.91 Å². The molecule has 1 aromatic heterocycles. The molecular weight excluding hydrogens is 268 g/mol. The number of carbonyl (C=O) groups excluding carboxylic acids is 1. The third-order valence-electron chi connectivity index (χ3n) is 3.20. The maximum Gasteiger partial charge on any atom is 0.328 e. The number of rotatable bonds is 6. The number of hydrogen-bond donors (Lipinski definition) is 2. The average molecular weight is 288 g/mol. The molecule has 0 saturated carbocycles. The highest BCUT2D eigenvalue weighted by atomic mass is 16.2. The molecule has 21 heavy (non-hydrogen) atoms. The third-order valence-corrected chi connectivity index (χ3v) is 3.20. The van der Waals surface area contributed by atoms with E-state index in [1.54, 1.807) is 45.8 Å². The first kappa shape index (κ1) is 14.9. The fourth-order valence-electron chi connectivity index (χ4n) is 2.08. The molecule has 0 bridgehead atoms. The quantitative estimate of drug-likeness (QED) is 0.793. The Kier molecular flexibility index (Phi) is 4.81. The molecule has 6 heteroatoms. The summed E-state index contributed by atoms with van der Waals surface area (Å²) >= 11 is 0. The zero-order valence-electron chi connectivity index (χ0n) is 12.1. The van der Waals surface area contributed by atoms with Gasteiger partial charge in [-0.15, -0.1) is 0 Å². The van der Waals surface area contributed by atoms with Crippen LogP contribution in [0.2, 0.25) is 0 Å². The number of amides is 1. The molecule has 0 unspecified atom stereocenters. The minimum atomic E-state index is -0.164. The van der Waals surface area contributed by atoms with Crippen molar-refractivity contribution in [2.24, 2.45) is 0 Å². The normalized spacial score (nSPS) is 10.5. The van der Waals surface area contributed by atoms with Gasteiger partial charge in [-0.2, -0.15) is 0 Å².